The molecule has 1 N–H and O–H groups in total. The Hall–Kier alpha value is -2.01. The summed E-state index contributed by atoms with van der Waals surface area (Å²) >= 11 is 0. The number of aryl methyl sites for hydroxylation is 2. The maximum absolute atomic E-state index is 5.36. The first-order valence-electron chi connectivity index (χ1n) is 6.97. The van der Waals surface area contributed by atoms with E-state index in [1.807, 2.05) is 30.9 Å². The van der Waals surface area contributed by atoms with Crippen molar-refractivity contribution in [2.75, 3.05) is 19.5 Å². The first kappa shape index (κ1) is 15.4. The second-order valence-corrected chi connectivity index (χ2v) is 5.17. The van der Waals surface area contributed by atoms with Gasteiger partial charge in [-0.1, -0.05) is 6.07 Å². The van der Waals surface area contributed by atoms with E-state index in [1.54, 1.807) is 14.2 Å². The van der Waals surface area contributed by atoms with E-state index in [0.29, 0.717) is 6.61 Å². The number of nitrogens with one attached hydrogen (secondary N) is 1. The van der Waals surface area contributed by atoms with E-state index in [9.17, 15) is 0 Å². The second-order valence-electron chi connectivity index (χ2n) is 5.17. The Morgan fingerprint density at radius 2 is 2.10 bits per heavy atom. The van der Waals surface area contributed by atoms with Gasteiger partial charge in [-0.15, -0.1) is 0 Å². The number of benzene rings is 1. The van der Waals surface area contributed by atoms with Gasteiger partial charge < -0.3 is 14.8 Å². The van der Waals surface area contributed by atoms with Gasteiger partial charge in [-0.25, -0.2) is 0 Å². The van der Waals surface area contributed by atoms with Crippen molar-refractivity contribution < 1.29 is 9.47 Å². The molecular formula is C16H23N3O2. The number of hydrogen-bond acceptors (Lipinski definition) is 4. The summed E-state index contributed by atoms with van der Waals surface area (Å²) in [7, 11) is 5.29. The third-order valence-corrected chi connectivity index (χ3v) is 3.49. The average Bonchev–Trinajstić information content (AvgIpc) is 2.77. The molecule has 2 rings (SSSR count). The van der Waals surface area contributed by atoms with Gasteiger partial charge in [0.2, 0.25) is 0 Å². The summed E-state index contributed by atoms with van der Waals surface area (Å²) < 4.78 is 12.4. The molecule has 0 aliphatic heterocycles. The molecule has 21 heavy (non-hydrogen) atoms. The molecule has 5 nitrogen and oxygen atoms in total. The molecule has 0 spiro atoms. The lowest BCUT2D eigenvalue weighted by Crippen LogP contribution is -2.08. The van der Waals surface area contributed by atoms with Crippen molar-refractivity contribution in [3.05, 3.63) is 41.2 Å². The van der Waals surface area contributed by atoms with Crippen molar-refractivity contribution in [1.82, 2.24) is 9.78 Å². The lowest BCUT2D eigenvalue weighted by atomic mass is 10.0. The van der Waals surface area contributed by atoms with E-state index < -0.39 is 0 Å². The first-order chi connectivity index (χ1) is 10.0. The van der Waals surface area contributed by atoms with E-state index >= 15 is 0 Å². The van der Waals surface area contributed by atoms with E-state index in [1.165, 1.54) is 5.56 Å². The Kier molecular flexibility index (Phi) is 4.85. The molecule has 1 aromatic carbocycles. The van der Waals surface area contributed by atoms with Crippen molar-refractivity contribution in [2.24, 2.45) is 7.05 Å². The van der Waals surface area contributed by atoms with Crippen LogP contribution in [0.15, 0.2) is 24.4 Å². The minimum atomic E-state index is 0.175. The molecule has 0 saturated heterocycles. The molecule has 0 bridgehead atoms. The second kappa shape index (κ2) is 6.63. The van der Waals surface area contributed by atoms with Crippen molar-refractivity contribution in [2.45, 2.75) is 26.5 Å². The Balaban J connectivity index is 2.20. The zero-order valence-electron chi connectivity index (χ0n) is 13.3. The van der Waals surface area contributed by atoms with Crippen LogP contribution in [0.3, 0.4) is 0 Å². The summed E-state index contributed by atoms with van der Waals surface area (Å²) in [5, 5.41) is 7.84. The molecule has 1 atom stereocenters. The van der Waals surface area contributed by atoms with Crippen LogP contribution in [-0.2, 0) is 18.4 Å². The number of anilines is 1. The van der Waals surface area contributed by atoms with Crippen molar-refractivity contribution in [3.63, 3.8) is 0 Å². The molecule has 1 heterocycles. The quantitative estimate of drug-likeness (QED) is 0.888. The van der Waals surface area contributed by atoms with Gasteiger partial charge in [0.15, 0.2) is 0 Å². The molecule has 0 radical (unpaired) electrons. The smallest absolute Gasteiger partial charge is 0.124 e. The number of hydrogen-bond donors (Lipinski definition) is 1. The molecule has 0 fully saturated rings. The van der Waals surface area contributed by atoms with E-state index in [-0.39, 0.29) is 6.04 Å². The van der Waals surface area contributed by atoms with Crippen LogP contribution >= 0.6 is 0 Å². The van der Waals surface area contributed by atoms with Gasteiger partial charge in [0.05, 0.1) is 25.1 Å². The number of methoxy groups -OCH3 is 2. The van der Waals surface area contributed by atoms with Gasteiger partial charge >= 0.3 is 0 Å². The maximum Gasteiger partial charge on any atom is 0.124 e. The highest BCUT2D eigenvalue weighted by atomic mass is 16.5. The minimum Gasteiger partial charge on any atom is -0.496 e. The van der Waals surface area contributed by atoms with Crippen LogP contribution in [0.5, 0.6) is 5.75 Å². The molecule has 2 aromatic rings. The lowest BCUT2D eigenvalue weighted by molar-refractivity contribution is 0.181. The van der Waals surface area contributed by atoms with E-state index in [2.05, 4.69) is 29.5 Å². The number of ether oxygens (including phenoxy) is 2. The fourth-order valence-corrected chi connectivity index (χ4v) is 2.39. The monoisotopic (exact) mass is 289 g/mol. The Labute approximate surface area is 125 Å². The number of aromatic nitrogens is 2. The minimum absolute atomic E-state index is 0.175. The van der Waals surface area contributed by atoms with Crippen LogP contribution in [0, 0.1) is 6.92 Å². The Bertz CT molecular complexity index is 608. The highest BCUT2D eigenvalue weighted by Crippen LogP contribution is 2.26. The zero-order chi connectivity index (χ0) is 15.4. The van der Waals surface area contributed by atoms with Crippen LogP contribution in [0.2, 0.25) is 0 Å². The predicted molar refractivity (Wildman–Crippen MR) is 83.7 cm³/mol. The summed E-state index contributed by atoms with van der Waals surface area (Å²) in [6, 6.07) is 6.35. The normalized spacial score (nSPS) is 12.2. The van der Waals surface area contributed by atoms with Crippen molar-refractivity contribution in [1.29, 1.82) is 0 Å². The molecule has 0 amide bonds. The van der Waals surface area contributed by atoms with Crippen LogP contribution in [0.25, 0.3) is 0 Å². The van der Waals surface area contributed by atoms with Gasteiger partial charge in [-0.3, -0.25) is 4.68 Å². The Morgan fingerprint density at radius 1 is 1.33 bits per heavy atom. The van der Waals surface area contributed by atoms with Gasteiger partial charge in [-0.05, 0) is 31.5 Å². The molecule has 1 aromatic heterocycles. The fourth-order valence-electron chi connectivity index (χ4n) is 2.39. The fraction of sp³-hybridized carbons (Fsp3) is 0.438. The molecule has 5 heteroatoms. The van der Waals surface area contributed by atoms with Crippen LogP contribution in [0.4, 0.5) is 5.69 Å². The summed E-state index contributed by atoms with van der Waals surface area (Å²) in [6.07, 6.45) is 1.99. The van der Waals surface area contributed by atoms with Gasteiger partial charge in [-0.2, -0.15) is 5.10 Å². The summed E-state index contributed by atoms with van der Waals surface area (Å²) in [5.74, 6) is 0.852. The number of nitrogens with zero attached hydrogens (tertiary/aromatic N) is 2. The number of rotatable bonds is 6. The largest absolute Gasteiger partial charge is 0.496 e. The zero-order valence-corrected chi connectivity index (χ0v) is 13.3. The molecule has 114 valence electrons. The molecule has 0 aliphatic carbocycles. The highest BCUT2D eigenvalue weighted by Gasteiger charge is 2.12. The summed E-state index contributed by atoms with van der Waals surface area (Å²) in [6.45, 7) is 4.67. The van der Waals surface area contributed by atoms with Crippen molar-refractivity contribution >= 4 is 5.69 Å². The van der Waals surface area contributed by atoms with E-state index in [4.69, 9.17) is 9.47 Å². The van der Waals surface area contributed by atoms with Gasteiger partial charge in [0.25, 0.3) is 0 Å². The van der Waals surface area contributed by atoms with Crippen LogP contribution < -0.4 is 10.1 Å². The summed E-state index contributed by atoms with van der Waals surface area (Å²) in [4.78, 5) is 0. The molecule has 0 aliphatic rings. The molecule has 0 saturated carbocycles. The first-order valence-corrected chi connectivity index (χ1v) is 6.97. The van der Waals surface area contributed by atoms with Gasteiger partial charge in [0, 0.05) is 32.0 Å². The van der Waals surface area contributed by atoms with Crippen LogP contribution in [0.1, 0.15) is 29.8 Å². The molecule has 1 unspecified atom stereocenters. The third kappa shape index (κ3) is 3.55. The summed E-state index contributed by atoms with van der Waals surface area (Å²) in [5.41, 5.74) is 4.28. The van der Waals surface area contributed by atoms with E-state index in [0.717, 1.165) is 22.7 Å². The standard InChI is InChI=1S/C16H23N3O2/c1-11(17-15-9-19(3)18-12(15)2)13-6-7-16(21-5)14(8-13)10-20-4/h6-9,11,17H,10H2,1-5H3. The SMILES string of the molecule is COCc1cc(C(C)Nc2cn(C)nc2C)ccc1OC. The average molecular weight is 289 g/mol. The highest BCUT2D eigenvalue weighted by molar-refractivity contribution is 5.48. The predicted octanol–water partition coefficient (Wildman–Crippen LogP) is 3.06. The van der Waals surface area contributed by atoms with Crippen molar-refractivity contribution in [3.8, 4) is 5.75 Å². The Morgan fingerprint density at radius 3 is 2.67 bits per heavy atom. The van der Waals surface area contributed by atoms with Gasteiger partial charge in [0.1, 0.15) is 5.75 Å². The maximum atomic E-state index is 5.36. The molecular weight excluding hydrogens is 266 g/mol. The third-order valence-electron chi connectivity index (χ3n) is 3.49. The lowest BCUT2D eigenvalue weighted by Gasteiger charge is -2.17. The van der Waals surface area contributed by atoms with Crippen LogP contribution in [-0.4, -0.2) is 24.0 Å². The topological polar surface area (TPSA) is 48.3 Å².